The maximum Gasteiger partial charge on any atom is 0.170 e. The molecular formula is C8H7N3O. The maximum absolute atomic E-state index is 10.4. The number of pyridine rings is 1. The molecule has 12 heavy (non-hydrogen) atoms. The minimum absolute atomic E-state index is 0.396. The number of nitrogens with two attached hydrogens (primary N) is 1. The number of fused-ring (bicyclic) bond motifs is 1. The SMILES string of the molecule is Nc1cccn2nc(C=O)cc12. The van der Waals surface area contributed by atoms with Gasteiger partial charge < -0.3 is 5.73 Å². The van der Waals surface area contributed by atoms with Crippen molar-refractivity contribution in [2.24, 2.45) is 0 Å². The second-order valence-corrected chi connectivity index (χ2v) is 2.48. The summed E-state index contributed by atoms with van der Waals surface area (Å²) >= 11 is 0. The molecule has 2 aromatic heterocycles. The van der Waals surface area contributed by atoms with Crippen LogP contribution in [0.2, 0.25) is 0 Å². The third-order valence-corrected chi connectivity index (χ3v) is 1.67. The Hall–Kier alpha value is -1.84. The lowest BCUT2D eigenvalue weighted by atomic mass is 10.3. The van der Waals surface area contributed by atoms with Crippen molar-refractivity contribution >= 4 is 17.5 Å². The highest BCUT2D eigenvalue weighted by Gasteiger charge is 2.01. The molecule has 0 saturated carbocycles. The highest BCUT2D eigenvalue weighted by molar-refractivity contribution is 5.79. The lowest BCUT2D eigenvalue weighted by Crippen LogP contribution is -1.91. The summed E-state index contributed by atoms with van der Waals surface area (Å²) in [6, 6.07) is 5.21. The lowest BCUT2D eigenvalue weighted by molar-refractivity contribution is 0.111. The lowest BCUT2D eigenvalue weighted by Gasteiger charge is -1.94. The Balaban J connectivity index is 2.82. The van der Waals surface area contributed by atoms with Gasteiger partial charge in [-0.2, -0.15) is 5.10 Å². The van der Waals surface area contributed by atoms with Crippen LogP contribution in [0.5, 0.6) is 0 Å². The first-order valence-corrected chi connectivity index (χ1v) is 3.50. The average Bonchev–Trinajstić information content (AvgIpc) is 2.49. The minimum Gasteiger partial charge on any atom is -0.397 e. The fourth-order valence-corrected chi connectivity index (χ4v) is 1.11. The van der Waals surface area contributed by atoms with Crippen LogP contribution in [-0.4, -0.2) is 15.9 Å². The zero-order valence-electron chi connectivity index (χ0n) is 6.27. The topological polar surface area (TPSA) is 60.4 Å². The first kappa shape index (κ1) is 6.84. The summed E-state index contributed by atoms with van der Waals surface area (Å²) < 4.78 is 1.58. The largest absolute Gasteiger partial charge is 0.397 e. The van der Waals surface area contributed by atoms with E-state index >= 15 is 0 Å². The quantitative estimate of drug-likeness (QED) is 0.627. The second kappa shape index (κ2) is 2.34. The van der Waals surface area contributed by atoms with E-state index < -0.39 is 0 Å². The van der Waals surface area contributed by atoms with Gasteiger partial charge >= 0.3 is 0 Å². The van der Waals surface area contributed by atoms with Gasteiger partial charge in [-0.3, -0.25) is 4.79 Å². The monoisotopic (exact) mass is 161 g/mol. The number of aromatic nitrogens is 2. The molecule has 0 aliphatic heterocycles. The molecule has 0 amide bonds. The van der Waals surface area contributed by atoms with E-state index in [0.29, 0.717) is 17.7 Å². The third kappa shape index (κ3) is 0.852. The molecule has 0 radical (unpaired) electrons. The van der Waals surface area contributed by atoms with Gasteiger partial charge in [-0.15, -0.1) is 0 Å². The van der Waals surface area contributed by atoms with Gasteiger partial charge in [-0.25, -0.2) is 4.52 Å². The van der Waals surface area contributed by atoms with Crippen molar-refractivity contribution in [3.8, 4) is 0 Å². The van der Waals surface area contributed by atoms with Crippen LogP contribution in [0.1, 0.15) is 10.5 Å². The molecule has 60 valence electrons. The Labute approximate surface area is 68.6 Å². The van der Waals surface area contributed by atoms with Gasteiger partial charge in [0.1, 0.15) is 5.69 Å². The molecule has 0 saturated heterocycles. The van der Waals surface area contributed by atoms with E-state index in [4.69, 9.17) is 5.73 Å². The van der Waals surface area contributed by atoms with E-state index in [1.165, 1.54) is 0 Å². The van der Waals surface area contributed by atoms with Crippen molar-refractivity contribution in [3.05, 3.63) is 30.1 Å². The predicted molar refractivity (Wildman–Crippen MR) is 45.0 cm³/mol. The summed E-state index contributed by atoms with van der Waals surface area (Å²) in [6.45, 7) is 0. The van der Waals surface area contributed by atoms with Crippen molar-refractivity contribution in [3.63, 3.8) is 0 Å². The van der Waals surface area contributed by atoms with Crippen LogP contribution in [0.25, 0.3) is 5.52 Å². The highest BCUT2D eigenvalue weighted by Crippen LogP contribution is 2.12. The van der Waals surface area contributed by atoms with Crippen LogP contribution in [0, 0.1) is 0 Å². The predicted octanol–water partition coefficient (Wildman–Crippen LogP) is 0.729. The molecular weight excluding hydrogens is 154 g/mol. The van der Waals surface area contributed by atoms with Crippen LogP contribution in [0.3, 0.4) is 0 Å². The number of carbonyl (C=O) groups excluding carboxylic acids is 1. The van der Waals surface area contributed by atoms with Crippen LogP contribution in [-0.2, 0) is 0 Å². The molecule has 0 unspecified atom stereocenters. The van der Waals surface area contributed by atoms with Gasteiger partial charge in [0.05, 0.1) is 11.2 Å². The average molecular weight is 161 g/mol. The standard InChI is InChI=1S/C8H7N3O/c9-7-2-1-3-11-8(7)4-6(5-12)10-11/h1-5H,9H2. The molecule has 0 fully saturated rings. The summed E-state index contributed by atoms with van der Waals surface area (Å²) in [5, 5.41) is 3.96. The number of aldehydes is 1. The van der Waals surface area contributed by atoms with Gasteiger partial charge in [0.15, 0.2) is 6.29 Å². The number of hydrogen-bond acceptors (Lipinski definition) is 3. The van der Waals surface area contributed by atoms with Crippen molar-refractivity contribution in [1.82, 2.24) is 9.61 Å². The maximum atomic E-state index is 10.4. The van der Waals surface area contributed by atoms with E-state index in [-0.39, 0.29) is 0 Å². The summed E-state index contributed by atoms with van der Waals surface area (Å²) in [5.74, 6) is 0. The molecule has 2 aromatic rings. The van der Waals surface area contributed by atoms with Crippen molar-refractivity contribution in [1.29, 1.82) is 0 Å². The molecule has 2 heterocycles. The van der Waals surface area contributed by atoms with Crippen molar-refractivity contribution < 1.29 is 4.79 Å². The molecule has 0 aliphatic carbocycles. The van der Waals surface area contributed by atoms with Gasteiger partial charge in [0, 0.05) is 6.20 Å². The third-order valence-electron chi connectivity index (χ3n) is 1.67. The highest BCUT2D eigenvalue weighted by atomic mass is 16.1. The Morgan fingerprint density at radius 3 is 3.08 bits per heavy atom. The van der Waals surface area contributed by atoms with Crippen molar-refractivity contribution in [2.75, 3.05) is 5.73 Å². The van der Waals surface area contributed by atoms with Gasteiger partial charge in [0.25, 0.3) is 0 Å². The first-order valence-electron chi connectivity index (χ1n) is 3.50. The van der Waals surface area contributed by atoms with Crippen LogP contribution < -0.4 is 5.73 Å². The first-order chi connectivity index (χ1) is 5.81. The molecule has 2 rings (SSSR count). The zero-order chi connectivity index (χ0) is 8.55. The van der Waals surface area contributed by atoms with Gasteiger partial charge in [-0.1, -0.05) is 0 Å². The van der Waals surface area contributed by atoms with E-state index in [1.807, 2.05) is 0 Å². The number of anilines is 1. The van der Waals surface area contributed by atoms with Crippen LogP contribution in [0.15, 0.2) is 24.4 Å². The summed E-state index contributed by atoms with van der Waals surface area (Å²) in [5.41, 5.74) is 7.43. The molecule has 2 N–H and O–H groups in total. The zero-order valence-corrected chi connectivity index (χ0v) is 6.27. The second-order valence-electron chi connectivity index (χ2n) is 2.48. The molecule has 4 nitrogen and oxygen atoms in total. The molecule has 0 aromatic carbocycles. The van der Waals surface area contributed by atoms with Gasteiger partial charge in [-0.05, 0) is 18.2 Å². The number of carbonyl (C=O) groups is 1. The van der Waals surface area contributed by atoms with Crippen LogP contribution in [0.4, 0.5) is 5.69 Å². The van der Waals surface area contributed by atoms with Crippen molar-refractivity contribution in [2.45, 2.75) is 0 Å². The molecule has 4 heteroatoms. The molecule has 0 atom stereocenters. The fraction of sp³-hybridized carbons (Fsp3) is 0. The van der Waals surface area contributed by atoms with Crippen LogP contribution >= 0.6 is 0 Å². The van der Waals surface area contributed by atoms with E-state index in [9.17, 15) is 4.79 Å². The Morgan fingerprint density at radius 2 is 2.42 bits per heavy atom. The van der Waals surface area contributed by atoms with E-state index in [1.54, 1.807) is 28.9 Å². The smallest absolute Gasteiger partial charge is 0.170 e. The van der Waals surface area contributed by atoms with Gasteiger partial charge in [0.2, 0.25) is 0 Å². The number of nitrogens with zero attached hydrogens (tertiary/aromatic N) is 2. The summed E-state index contributed by atoms with van der Waals surface area (Å²) in [6.07, 6.45) is 2.45. The molecule has 0 aliphatic rings. The van der Waals surface area contributed by atoms with E-state index in [2.05, 4.69) is 5.10 Å². The Morgan fingerprint density at radius 1 is 1.58 bits per heavy atom. The fourth-order valence-electron chi connectivity index (χ4n) is 1.11. The number of hydrogen-bond donors (Lipinski definition) is 1. The Bertz CT molecular complexity index is 433. The summed E-state index contributed by atoms with van der Waals surface area (Å²) in [7, 11) is 0. The summed E-state index contributed by atoms with van der Waals surface area (Å²) in [4.78, 5) is 10.4. The Kier molecular flexibility index (Phi) is 1.33. The molecule has 0 spiro atoms. The molecule has 0 bridgehead atoms. The minimum atomic E-state index is 0.396. The number of nitrogen functional groups attached to an aromatic ring is 1. The number of rotatable bonds is 1. The van der Waals surface area contributed by atoms with E-state index in [0.717, 1.165) is 5.52 Å². The normalized spacial score (nSPS) is 10.3.